The summed E-state index contributed by atoms with van der Waals surface area (Å²) >= 11 is 4.99. The topological polar surface area (TPSA) is 51.0 Å². The van der Waals surface area contributed by atoms with E-state index in [1.54, 1.807) is 11.3 Å². The second-order valence-corrected chi connectivity index (χ2v) is 5.30. The second-order valence-electron chi connectivity index (χ2n) is 3.47. The molecule has 1 N–H and O–H groups in total. The van der Waals surface area contributed by atoms with E-state index in [0.29, 0.717) is 17.9 Å². The lowest BCUT2D eigenvalue weighted by Gasteiger charge is -1.92. The van der Waals surface area contributed by atoms with Crippen LogP contribution in [-0.4, -0.2) is 16.2 Å². The molecule has 0 aromatic carbocycles. The minimum Gasteiger partial charge on any atom is -0.335 e. The summed E-state index contributed by atoms with van der Waals surface area (Å²) in [5.41, 5.74) is 0. The Morgan fingerprint density at radius 1 is 1.53 bits per heavy atom. The van der Waals surface area contributed by atoms with E-state index in [-0.39, 0.29) is 0 Å². The molecule has 0 atom stereocenters. The summed E-state index contributed by atoms with van der Waals surface area (Å²) in [5.74, 6) is 0.647. The van der Waals surface area contributed by atoms with Crippen LogP contribution >= 0.6 is 27.3 Å². The van der Waals surface area contributed by atoms with E-state index in [9.17, 15) is 0 Å². The Morgan fingerprint density at radius 2 is 2.40 bits per heavy atom. The first-order chi connectivity index (χ1) is 7.31. The van der Waals surface area contributed by atoms with E-state index in [1.807, 2.05) is 11.4 Å². The van der Waals surface area contributed by atoms with Crippen LogP contribution in [0.3, 0.4) is 0 Å². The van der Waals surface area contributed by atoms with Crippen molar-refractivity contribution in [1.29, 1.82) is 0 Å². The standard InChI is InChI=1S/C9H8BrN3OS/c10-5-3-7(15-4-5)8-12-9(14-13-8)11-6-1-2-6/h3-4,6H,1-2H2,(H,11,12,13). The van der Waals surface area contributed by atoms with Crippen LogP contribution in [0.25, 0.3) is 10.7 Å². The van der Waals surface area contributed by atoms with Gasteiger partial charge in [0.15, 0.2) is 0 Å². The number of hydrogen-bond donors (Lipinski definition) is 1. The van der Waals surface area contributed by atoms with Gasteiger partial charge in [0.2, 0.25) is 5.82 Å². The Balaban J connectivity index is 1.82. The molecule has 0 amide bonds. The third-order valence-corrected chi connectivity index (χ3v) is 3.81. The molecule has 0 bridgehead atoms. The van der Waals surface area contributed by atoms with Crippen molar-refractivity contribution in [1.82, 2.24) is 10.1 Å². The van der Waals surface area contributed by atoms with Crippen LogP contribution in [0, 0.1) is 0 Å². The van der Waals surface area contributed by atoms with Crippen LogP contribution < -0.4 is 5.32 Å². The van der Waals surface area contributed by atoms with Gasteiger partial charge in [-0.1, -0.05) is 5.16 Å². The zero-order valence-corrected chi connectivity index (χ0v) is 10.1. The van der Waals surface area contributed by atoms with Crippen molar-refractivity contribution in [3.05, 3.63) is 15.9 Å². The predicted molar refractivity (Wildman–Crippen MR) is 62.0 cm³/mol. The highest BCUT2D eigenvalue weighted by Crippen LogP contribution is 2.29. The number of nitrogens with one attached hydrogen (secondary N) is 1. The van der Waals surface area contributed by atoms with E-state index in [0.717, 1.165) is 9.35 Å². The number of nitrogens with zero attached hydrogens (tertiary/aromatic N) is 2. The third-order valence-electron chi connectivity index (χ3n) is 2.12. The molecular weight excluding hydrogens is 278 g/mol. The van der Waals surface area contributed by atoms with Crippen molar-refractivity contribution in [3.63, 3.8) is 0 Å². The van der Waals surface area contributed by atoms with Crippen LogP contribution in [-0.2, 0) is 0 Å². The second kappa shape index (κ2) is 3.61. The lowest BCUT2D eigenvalue weighted by Crippen LogP contribution is -2.00. The Bertz CT molecular complexity index is 477. The van der Waals surface area contributed by atoms with Gasteiger partial charge in [-0.25, -0.2) is 0 Å². The van der Waals surface area contributed by atoms with Crippen LogP contribution in [0.5, 0.6) is 0 Å². The molecule has 0 radical (unpaired) electrons. The molecule has 2 aromatic heterocycles. The molecule has 6 heteroatoms. The van der Waals surface area contributed by atoms with Gasteiger partial charge in [0.25, 0.3) is 0 Å². The molecule has 1 aliphatic rings. The first-order valence-electron chi connectivity index (χ1n) is 4.66. The van der Waals surface area contributed by atoms with Gasteiger partial charge in [0.1, 0.15) is 0 Å². The van der Waals surface area contributed by atoms with Crippen molar-refractivity contribution < 1.29 is 4.52 Å². The number of rotatable bonds is 3. The first-order valence-corrected chi connectivity index (χ1v) is 6.33. The van der Waals surface area contributed by atoms with Gasteiger partial charge in [-0.3, -0.25) is 0 Å². The lowest BCUT2D eigenvalue weighted by atomic mass is 10.4. The zero-order chi connectivity index (χ0) is 10.3. The molecule has 0 unspecified atom stereocenters. The Kier molecular flexibility index (Phi) is 2.25. The van der Waals surface area contributed by atoms with E-state index in [4.69, 9.17) is 4.52 Å². The Hall–Kier alpha value is -0.880. The van der Waals surface area contributed by atoms with Gasteiger partial charge in [-0.2, -0.15) is 4.98 Å². The van der Waals surface area contributed by atoms with Gasteiger partial charge in [0.05, 0.1) is 4.88 Å². The van der Waals surface area contributed by atoms with E-state index < -0.39 is 0 Å². The van der Waals surface area contributed by atoms with E-state index in [2.05, 4.69) is 31.4 Å². The molecule has 3 rings (SSSR count). The first kappa shape index (κ1) is 9.35. The summed E-state index contributed by atoms with van der Waals surface area (Å²) in [5, 5.41) is 9.09. The molecule has 2 heterocycles. The normalized spacial score (nSPS) is 15.5. The van der Waals surface area contributed by atoms with Crippen LogP contribution in [0.15, 0.2) is 20.4 Å². The predicted octanol–water partition coefficient (Wildman–Crippen LogP) is 3.13. The quantitative estimate of drug-likeness (QED) is 0.941. The summed E-state index contributed by atoms with van der Waals surface area (Å²) < 4.78 is 6.14. The van der Waals surface area contributed by atoms with Gasteiger partial charge in [-0.05, 0) is 34.8 Å². The van der Waals surface area contributed by atoms with Gasteiger partial charge in [-0.15, -0.1) is 11.3 Å². The highest BCUT2D eigenvalue weighted by atomic mass is 79.9. The molecule has 0 spiro atoms. The fraction of sp³-hybridized carbons (Fsp3) is 0.333. The van der Waals surface area contributed by atoms with Crippen molar-refractivity contribution in [3.8, 4) is 10.7 Å². The summed E-state index contributed by atoms with van der Waals surface area (Å²) in [6.07, 6.45) is 2.39. The Morgan fingerprint density at radius 3 is 3.07 bits per heavy atom. The van der Waals surface area contributed by atoms with E-state index in [1.165, 1.54) is 12.8 Å². The smallest absolute Gasteiger partial charge is 0.322 e. The third kappa shape index (κ3) is 2.05. The molecule has 1 saturated carbocycles. The summed E-state index contributed by atoms with van der Waals surface area (Å²) in [6, 6.07) is 3.04. The molecule has 78 valence electrons. The summed E-state index contributed by atoms with van der Waals surface area (Å²) in [7, 11) is 0. The van der Waals surface area contributed by atoms with Gasteiger partial charge < -0.3 is 9.84 Å². The maximum Gasteiger partial charge on any atom is 0.322 e. The van der Waals surface area contributed by atoms with Crippen molar-refractivity contribution in [2.24, 2.45) is 0 Å². The Labute approximate surface area is 98.8 Å². The maximum absolute atomic E-state index is 5.10. The van der Waals surface area contributed by atoms with Crippen LogP contribution in [0.1, 0.15) is 12.8 Å². The number of aromatic nitrogens is 2. The lowest BCUT2D eigenvalue weighted by molar-refractivity contribution is 0.432. The monoisotopic (exact) mass is 285 g/mol. The number of halogens is 1. The fourth-order valence-electron chi connectivity index (χ4n) is 1.21. The zero-order valence-electron chi connectivity index (χ0n) is 7.74. The molecular formula is C9H8BrN3OS. The molecule has 15 heavy (non-hydrogen) atoms. The average Bonchev–Trinajstić information content (AvgIpc) is 2.74. The number of thiophene rings is 1. The summed E-state index contributed by atoms with van der Waals surface area (Å²) in [4.78, 5) is 5.28. The van der Waals surface area contributed by atoms with Crippen molar-refractivity contribution >= 4 is 33.3 Å². The summed E-state index contributed by atoms with van der Waals surface area (Å²) in [6.45, 7) is 0. The van der Waals surface area contributed by atoms with Gasteiger partial charge in [0, 0.05) is 15.9 Å². The average molecular weight is 286 g/mol. The number of hydrogen-bond acceptors (Lipinski definition) is 5. The van der Waals surface area contributed by atoms with E-state index >= 15 is 0 Å². The molecule has 2 aromatic rings. The molecule has 4 nitrogen and oxygen atoms in total. The minimum absolute atomic E-state index is 0.525. The highest BCUT2D eigenvalue weighted by Gasteiger charge is 2.23. The molecule has 0 aliphatic heterocycles. The maximum atomic E-state index is 5.10. The molecule has 1 fully saturated rings. The molecule has 1 aliphatic carbocycles. The van der Waals surface area contributed by atoms with Gasteiger partial charge >= 0.3 is 6.01 Å². The van der Waals surface area contributed by atoms with Crippen LogP contribution in [0.4, 0.5) is 6.01 Å². The highest BCUT2D eigenvalue weighted by molar-refractivity contribution is 9.10. The van der Waals surface area contributed by atoms with Crippen molar-refractivity contribution in [2.45, 2.75) is 18.9 Å². The number of anilines is 1. The minimum atomic E-state index is 0.525. The molecule has 0 saturated heterocycles. The van der Waals surface area contributed by atoms with Crippen LogP contribution in [0.2, 0.25) is 0 Å². The van der Waals surface area contributed by atoms with Crippen molar-refractivity contribution in [2.75, 3.05) is 5.32 Å². The fourth-order valence-corrected chi connectivity index (χ4v) is 2.57. The largest absolute Gasteiger partial charge is 0.335 e. The SMILES string of the molecule is Brc1csc(-c2noc(NC3CC3)n2)c1.